The van der Waals surface area contributed by atoms with E-state index in [9.17, 15) is 4.79 Å². The minimum absolute atomic E-state index is 0.0102. The molecule has 1 heterocycles. The molecule has 2 aromatic carbocycles. The summed E-state index contributed by atoms with van der Waals surface area (Å²) in [6.45, 7) is 5.51. The number of ether oxygens (including phenoxy) is 1. The van der Waals surface area contributed by atoms with E-state index in [0.29, 0.717) is 19.7 Å². The molecule has 0 saturated carbocycles. The number of anilines is 1. The molecule has 1 saturated heterocycles. The minimum Gasteiger partial charge on any atom is -0.492 e. The number of carbonyl (C=O) groups excluding carboxylic acids is 1. The van der Waals surface area contributed by atoms with Crippen molar-refractivity contribution < 1.29 is 9.53 Å². The van der Waals surface area contributed by atoms with Crippen LogP contribution in [0.15, 0.2) is 54.6 Å². The maximum Gasteiger partial charge on any atom is 0.244 e. The summed E-state index contributed by atoms with van der Waals surface area (Å²) in [6, 6.07) is 17.0. The van der Waals surface area contributed by atoms with E-state index in [4.69, 9.17) is 10.5 Å². The zero-order valence-electron chi connectivity index (χ0n) is 14.6. The Labute approximate surface area is 149 Å². The summed E-state index contributed by atoms with van der Waals surface area (Å²) in [5.41, 5.74) is 8.10. The van der Waals surface area contributed by atoms with Crippen LogP contribution in [0.4, 0.5) is 5.69 Å². The Morgan fingerprint density at radius 1 is 1.04 bits per heavy atom. The number of rotatable bonds is 5. The molecule has 0 spiro atoms. The van der Waals surface area contributed by atoms with Gasteiger partial charge in [-0.3, -0.25) is 4.79 Å². The third-order valence-electron chi connectivity index (χ3n) is 4.52. The zero-order valence-corrected chi connectivity index (χ0v) is 14.6. The van der Waals surface area contributed by atoms with Crippen LogP contribution in [0.5, 0.6) is 5.75 Å². The molecule has 1 amide bonds. The Hall–Kier alpha value is -2.53. The lowest BCUT2D eigenvalue weighted by molar-refractivity contribution is -0.133. The van der Waals surface area contributed by atoms with Crippen LogP contribution in [0, 0.1) is 0 Å². The fraction of sp³-hybridized carbons (Fsp3) is 0.350. The van der Waals surface area contributed by atoms with Crippen LogP contribution in [-0.4, -0.2) is 43.6 Å². The van der Waals surface area contributed by atoms with E-state index >= 15 is 0 Å². The normalized spacial score (nSPS) is 15.8. The summed E-state index contributed by atoms with van der Waals surface area (Å²) in [7, 11) is 0. The van der Waals surface area contributed by atoms with E-state index < -0.39 is 6.04 Å². The average molecular weight is 339 g/mol. The Balaban J connectivity index is 1.63. The topological polar surface area (TPSA) is 58.8 Å². The van der Waals surface area contributed by atoms with Gasteiger partial charge in [0.25, 0.3) is 0 Å². The molecule has 1 aliphatic heterocycles. The molecule has 0 aliphatic carbocycles. The first-order valence-corrected chi connectivity index (χ1v) is 8.76. The Morgan fingerprint density at radius 3 is 2.36 bits per heavy atom. The highest BCUT2D eigenvalue weighted by atomic mass is 16.5. The van der Waals surface area contributed by atoms with E-state index in [1.165, 1.54) is 0 Å². The third kappa shape index (κ3) is 3.94. The summed E-state index contributed by atoms with van der Waals surface area (Å²) in [5.74, 6) is 0.884. The number of para-hydroxylation sites is 2. The highest BCUT2D eigenvalue weighted by molar-refractivity contribution is 5.83. The largest absolute Gasteiger partial charge is 0.492 e. The first-order chi connectivity index (χ1) is 12.2. The lowest BCUT2D eigenvalue weighted by Gasteiger charge is -2.37. The highest BCUT2D eigenvalue weighted by Crippen LogP contribution is 2.29. The van der Waals surface area contributed by atoms with E-state index in [-0.39, 0.29) is 5.91 Å². The second kappa shape index (κ2) is 8.03. The van der Waals surface area contributed by atoms with Crippen LogP contribution < -0.4 is 15.4 Å². The molecule has 0 aromatic heterocycles. The molecule has 0 bridgehead atoms. The second-order valence-corrected chi connectivity index (χ2v) is 6.10. The van der Waals surface area contributed by atoms with E-state index in [0.717, 1.165) is 30.1 Å². The molecular weight excluding hydrogens is 314 g/mol. The average Bonchev–Trinajstić information content (AvgIpc) is 2.68. The fourth-order valence-electron chi connectivity index (χ4n) is 3.16. The molecule has 1 unspecified atom stereocenters. The third-order valence-corrected chi connectivity index (χ3v) is 4.52. The lowest BCUT2D eigenvalue weighted by atomic mass is 10.1. The van der Waals surface area contributed by atoms with Crippen molar-refractivity contribution in [3.8, 4) is 5.75 Å². The molecule has 1 aliphatic rings. The van der Waals surface area contributed by atoms with Crippen molar-refractivity contribution in [1.82, 2.24) is 4.90 Å². The smallest absolute Gasteiger partial charge is 0.244 e. The molecule has 5 nitrogen and oxygen atoms in total. The standard InChI is InChI=1S/C20H25N3O2/c1-2-25-18-11-7-6-10-17(18)22-12-14-23(15-13-22)20(24)19(21)16-8-4-3-5-9-16/h3-11,19H,2,12-15,21H2,1H3. The van der Waals surface area contributed by atoms with Crippen LogP contribution in [0.25, 0.3) is 0 Å². The van der Waals surface area contributed by atoms with Gasteiger partial charge in [0.15, 0.2) is 0 Å². The maximum atomic E-state index is 12.7. The van der Waals surface area contributed by atoms with Crippen molar-refractivity contribution in [2.24, 2.45) is 5.73 Å². The summed E-state index contributed by atoms with van der Waals surface area (Å²) < 4.78 is 5.72. The van der Waals surface area contributed by atoms with Crippen molar-refractivity contribution >= 4 is 11.6 Å². The van der Waals surface area contributed by atoms with Gasteiger partial charge in [0.2, 0.25) is 5.91 Å². The lowest BCUT2D eigenvalue weighted by Crippen LogP contribution is -2.51. The Morgan fingerprint density at radius 2 is 1.68 bits per heavy atom. The number of nitrogens with zero attached hydrogens (tertiary/aromatic N) is 2. The summed E-state index contributed by atoms with van der Waals surface area (Å²) in [4.78, 5) is 16.8. The van der Waals surface area contributed by atoms with Crippen LogP contribution in [-0.2, 0) is 4.79 Å². The fourth-order valence-corrected chi connectivity index (χ4v) is 3.16. The molecule has 0 radical (unpaired) electrons. The first-order valence-electron chi connectivity index (χ1n) is 8.76. The van der Waals surface area contributed by atoms with Gasteiger partial charge in [0, 0.05) is 26.2 Å². The first kappa shape index (κ1) is 17.3. The predicted molar refractivity (Wildman–Crippen MR) is 99.8 cm³/mol. The van der Waals surface area contributed by atoms with Crippen LogP contribution >= 0.6 is 0 Å². The zero-order chi connectivity index (χ0) is 17.6. The molecule has 1 fully saturated rings. The van der Waals surface area contributed by atoms with Gasteiger partial charge in [-0.25, -0.2) is 0 Å². The van der Waals surface area contributed by atoms with Crippen molar-refractivity contribution in [2.45, 2.75) is 13.0 Å². The van der Waals surface area contributed by atoms with Gasteiger partial charge < -0.3 is 20.3 Å². The number of carbonyl (C=O) groups is 1. The minimum atomic E-state index is -0.594. The predicted octanol–water partition coefficient (Wildman–Crippen LogP) is 2.43. The molecule has 132 valence electrons. The van der Waals surface area contributed by atoms with Crippen LogP contribution in [0.1, 0.15) is 18.5 Å². The number of hydrogen-bond acceptors (Lipinski definition) is 4. The molecule has 2 N–H and O–H groups in total. The SMILES string of the molecule is CCOc1ccccc1N1CCN(C(=O)C(N)c2ccccc2)CC1. The van der Waals surface area contributed by atoms with Gasteiger partial charge in [-0.2, -0.15) is 0 Å². The second-order valence-electron chi connectivity index (χ2n) is 6.10. The quantitative estimate of drug-likeness (QED) is 0.909. The van der Waals surface area contributed by atoms with Gasteiger partial charge in [-0.15, -0.1) is 0 Å². The molecule has 25 heavy (non-hydrogen) atoms. The van der Waals surface area contributed by atoms with Gasteiger partial charge in [-0.05, 0) is 24.6 Å². The van der Waals surface area contributed by atoms with E-state index in [1.807, 2.05) is 60.4 Å². The number of benzene rings is 2. The Bertz CT molecular complexity index is 697. The summed E-state index contributed by atoms with van der Waals surface area (Å²) in [5, 5.41) is 0. The maximum absolute atomic E-state index is 12.7. The van der Waals surface area contributed by atoms with Crippen LogP contribution in [0.3, 0.4) is 0 Å². The summed E-state index contributed by atoms with van der Waals surface area (Å²) >= 11 is 0. The molecule has 2 aromatic rings. The molecular formula is C20H25N3O2. The number of amides is 1. The van der Waals surface area contributed by atoms with Gasteiger partial charge in [0.05, 0.1) is 12.3 Å². The van der Waals surface area contributed by atoms with E-state index in [1.54, 1.807) is 0 Å². The van der Waals surface area contributed by atoms with Crippen LogP contribution in [0.2, 0.25) is 0 Å². The monoisotopic (exact) mass is 339 g/mol. The van der Waals surface area contributed by atoms with Crippen molar-refractivity contribution in [2.75, 3.05) is 37.7 Å². The molecule has 5 heteroatoms. The van der Waals surface area contributed by atoms with Gasteiger partial charge in [-0.1, -0.05) is 42.5 Å². The number of hydrogen-bond donors (Lipinski definition) is 1. The van der Waals surface area contributed by atoms with Gasteiger partial charge in [0.1, 0.15) is 11.8 Å². The highest BCUT2D eigenvalue weighted by Gasteiger charge is 2.27. The van der Waals surface area contributed by atoms with Gasteiger partial charge >= 0.3 is 0 Å². The molecule has 3 rings (SSSR count). The summed E-state index contributed by atoms with van der Waals surface area (Å²) in [6.07, 6.45) is 0. The Kier molecular flexibility index (Phi) is 5.56. The van der Waals surface area contributed by atoms with Crippen molar-refractivity contribution in [1.29, 1.82) is 0 Å². The van der Waals surface area contributed by atoms with Crippen molar-refractivity contribution in [3.63, 3.8) is 0 Å². The van der Waals surface area contributed by atoms with Crippen molar-refractivity contribution in [3.05, 3.63) is 60.2 Å². The number of piperazine rings is 1. The molecule has 1 atom stereocenters. The number of nitrogens with two attached hydrogens (primary N) is 1. The van der Waals surface area contributed by atoms with E-state index in [2.05, 4.69) is 11.0 Å².